The van der Waals surface area contributed by atoms with Crippen molar-refractivity contribution in [3.63, 3.8) is 0 Å². The molecule has 0 saturated carbocycles. The molecule has 2 aliphatic rings. The Morgan fingerprint density at radius 3 is 2.12 bits per heavy atom. The summed E-state index contributed by atoms with van der Waals surface area (Å²) in [6.45, 7) is 2.43. The van der Waals surface area contributed by atoms with Crippen molar-refractivity contribution in [2.75, 3.05) is 23.8 Å². The highest BCUT2D eigenvalue weighted by Gasteiger charge is 2.29. The molecule has 0 saturated heterocycles. The van der Waals surface area contributed by atoms with Crippen LogP contribution in [-0.2, 0) is 0 Å². The highest BCUT2D eigenvalue weighted by Crippen LogP contribution is 2.43. The molecule has 1 aliphatic heterocycles. The first-order valence-electron chi connectivity index (χ1n) is 14.1. The summed E-state index contributed by atoms with van der Waals surface area (Å²) in [4.78, 5) is 0. The van der Waals surface area contributed by atoms with Crippen molar-refractivity contribution in [1.82, 2.24) is 0 Å². The third-order valence-electron chi connectivity index (χ3n) is 7.69. The minimum absolute atomic E-state index is 0.0138. The van der Waals surface area contributed by atoms with Crippen LogP contribution >= 0.6 is 0 Å². The molecule has 208 valence electrons. The van der Waals surface area contributed by atoms with E-state index < -0.39 is 0 Å². The topological polar surface area (TPSA) is 114 Å². The second-order valence-electron chi connectivity index (χ2n) is 10.7. The number of nitrogens with one attached hydrogen (secondary N) is 2. The molecule has 41 heavy (non-hydrogen) atoms. The average molecular weight is 547 g/mol. The van der Waals surface area contributed by atoms with E-state index in [0.717, 1.165) is 68.4 Å². The summed E-state index contributed by atoms with van der Waals surface area (Å²) in [5.74, 6) is 0. The van der Waals surface area contributed by atoms with Crippen molar-refractivity contribution in [2.45, 2.75) is 44.3 Å². The molecule has 0 bridgehead atoms. The summed E-state index contributed by atoms with van der Waals surface area (Å²) in [6.07, 6.45) is 9.13. The van der Waals surface area contributed by atoms with Gasteiger partial charge in [-0.1, -0.05) is 54.6 Å². The number of azo groups is 2. The van der Waals surface area contributed by atoms with Gasteiger partial charge in [0, 0.05) is 46.1 Å². The van der Waals surface area contributed by atoms with Crippen LogP contribution in [0.5, 0.6) is 0 Å². The van der Waals surface area contributed by atoms with Crippen molar-refractivity contribution in [2.24, 2.45) is 20.5 Å². The van der Waals surface area contributed by atoms with Gasteiger partial charge >= 0.3 is 0 Å². The minimum Gasteiger partial charge on any atom is -0.396 e. The lowest BCUT2D eigenvalue weighted by atomic mass is 9.96. The standard InChI is InChI=1S/C33H34N6O2/c1-33(19-5-20-40)34-30-9-4-8-26-29(16-17-31(35-33)32(26)30)39-38-28-15-14-27(24-6-2-3-7-25(24)28)37-36-23-12-10-22(11-13-23)18-21-41/h2-4,6-12,14-17,23,34-35,40-41H,5,13,18-21H2,1H3. The normalized spacial score (nSPS) is 20.1. The van der Waals surface area contributed by atoms with E-state index in [-0.39, 0.29) is 24.9 Å². The van der Waals surface area contributed by atoms with Crippen molar-refractivity contribution in [3.05, 3.63) is 90.5 Å². The number of aliphatic hydroxyl groups is 2. The van der Waals surface area contributed by atoms with Gasteiger partial charge in [0.25, 0.3) is 0 Å². The van der Waals surface area contributed by atoms with Crippen LogP contribution in [0.1, 0.15) is 32.6 Å². The first-order valence-corrected chi connectivity index (χ1v) is 14.1. The minimum atomic E-state index is -0.335. The Morgan fingerprint density at radius 2 is 1.44 bits per heavy atom. The van der Waals surface area contributed by atoms with Crippen LogP contribution in [0.4, 0.5) is 28.4 Å². The average Bonchev–Trinajstić information content (AvgIpc) is 3.00. The molecule has 4 aromatic carbocycles. The van der Waals surface area contributed by atoms with Crippen molar-refractivity contribution >= 4 is 50.0 Å². The lowest BCUT2D eigenvalue weighted by Crippen LogP contribution is -2.45. The van der Waals surface area contributed by atoms with Crippen molar-refractivity contribution in [3.8, 4) is 0 Å². The van der Waals surface area contributed by atoms with Gasteiger partial charge in [0.05, 0.1) is 23.1 Å². The molecule has 0 fully saturated rings. The van der Waals surface area contributed by atoms with Crippen LogP contribution in [0, 0.1) is 0 Å². The van der Waals surface area contributed by atoms with E-state index >= 15 is 0 Å². The number of allylic oxidation sites excluding steroid dienone is 1. The van der Waals surface area contributed by atoms with Crippen LogP contribution in [0.2, 0.25) is 0 Å². The number of rotatable bonds is 9. The van der Waals surface area contributed by atoms with Gasteiger partial charge in [-0.3, -0.25) is 0 Å². The summed E-state index contributed by atoms with van der Waals surface area (Å²) >= 11 is 0. The second kappa shape index (κ2) is 11.6. The SMILES string of the molecule is CC1(CCCO)Nc2cccc3c(N=Nc4ccc(N=NC5C=CC(CCO)=CC5)c5ccccc45)ccc(c23)N1. The van der Waals surface area contributed by atoms with Crippen molar-refractivity contribution in [1.29, 1.82) is 0 Å². The van der Waals surface area contributed by atoms with Crippen LogP contribution in [0.25, 0.3) is 21.5 Å². The third kappa shape index (κ3) is 5.62. The number of aliphatic hydroxyl groups excluding tert-OH is 2. The van der Waals surface area contributed by atoms with Crippen LogP contribution in [-0.4, -0.2) is 35.1 Å². The van der Waals surface area contributed by atoms with Crippen LogP contribution in [0.15, 0.2) is 111 Å². The predicted molar refractivity (Wildman–Crippen MR) is 166 cm³/mol. The molecule has 2 unspecified atom stereocenters. The fraction of sp³-hybridized carbons (Fsp3) is 0.273. The summed E-state index contributed by atoms with van der Waals surface area (Å²) in [5, 5.41) is 48.3. The Morgan fingerprint density at radius 1 is 0.780 bits per heavy atom. The third-order valence-corrected chi connectivity index (χ3v) is 7.69. The molecule has 0 radical (unpaired) electrons. The maximum atomic E-state index is 9.33. The maximum Gasteiger partial charge on any atom is 0.105 e. The van der Waals surface area contributed by atoms with Crippen LogP contribution in [0.3, 0.4) is 0 Å². The second-order valence-corrected chi connectivity index (χ2v) is 10.7. The fourth-order valence-corrected chi connectivity index (χ4v) is 5.61. The number of fused-ring (bicyclic) bond motifs is 1. The zero-order valence-electron chi connectivity index (χ0n) is 23.1. The number of hydrogen-bond donors (Lipinski definition) is 4. The molecule has 0 aromatic heterocycles. The van der Waals surface area contributed by atoms with E-state index in [1.54, 1.807) is 0 Å². The maximum absolute atomic E-state index is 9.33. The Kier molecular flexibility index (Phi) is 7.59. The van der Waals surface area contributed by atoms with E-state index in [4.69, 9.17) is 10.2 Å². The molecule has 8 heteroatoms. The molecule has 2 atom stereocenters. The molecule has 1 aliphatic carbocycles. The van der Waals surface area contributed by atoms with E-state index in [1.807, 2.05) is 60.7 Å². The number of hydrogen-bond acceptors (Lipinski definition) is 8. The zero-order valence-corrected chi connectivity index (χ0v) is 23.1. The zero-order chi connectivity index (χ0) is 28.2. The van der Waals surface area contributed by atoms with Gasteiger partial charge in [0.15, 0.2) is 0 Å². The Bertz CT molecular complexity index is 1700. The molecular formula is C33H34N6O2. The molecular weight excluding hydrogens is 512 g/mol. The summed E-state index contributed by atoms with van der Waals surface area (Å²) in [5.41, 5.74) is 5.24. The summed E-state index contributed by atoms with van der Waals surface area (Å²) < 4.78 is 0. The Labute approximate surface area is 239 Å². The molecule has 8 nitrogen and oxygen atoms in total. The monoisotopic (exact) mass is 546 g/mol. The van der Waals surface area contributed by atoms with Gasteiger partial charge in [-0.25, -0.2) is 0 Å². The first kappa shape index (κ1) is 26.8. The van der Waals surface area contributed by atoms with Gasteiger partial charge < -0.3 is 20.8 Å². The van der Waals surface area contributed by atoms with E-state index in [9.17, 15) is 5.11 Å². The number of anilines is 2. The molecule has 4 aromatic rings. The Hall–Kier alpha value is -4.40. The summed E-state index contributed by atoms with van der Waals surface area (Å²) in [7, 11) is 0. The highest BCUT2D eigenvalue weighted by atomic mass is 16.3. The van der Waals surface area contributed by atoms with E-state index in [2.05, 4.69) is 57.2 Å². The number of benzene rings is 4. The molecule has 1 heterocycles. The first-order chi connectivity index (χ1) is 20.1. The van der Waals surface area contributed by atoms with Crippen LogP contribution < -0.4 is 10.6 Å². The summed E-state index contributed by atoms with van der Waals surface area (Å²) in [6, 6.07) is 22.2. The van der Waals surface area contributed by atoms with E-state index in [0.29, 0.717) is 12.8 Å². The smallest absolute Gasteiger partial charge is 0.105 e. The lowest BCUT2D eigenvalue weighted by Gasteiger charge is -2.39. The fourth-order valence-electron chi connectivity index (χ4n) is 5.61. The van der Waals surface area contributed by atoms with Gasteiger partial charge in [0.2, 0.25) is 0 Å². The predicted octanol–water partition coefficient (Wildman–Crippen LogP) is 8.46. The van der Waals surface area contributed by atoms with Crippen molar-refractivity contribution < 1.29 is 10.2 Å². The molecule has 6 rings (SSSR count). The quantitative estimate of drug-likeness (QED) is 0.158. The lowest BCUT2D eigenvalue weighted by molar-refractivity contribution is 0.274. The molecule has 0 spiro atoms. The Balaban J connectivity index is 1.27. The molecule has 0 amide bonds. The number of nitrogens with zero attached hydrogens (tertiary/aromatic N) is 4. The largest absolute Gasteiger partial charge is 0.396 e. The van der Waals surface area contributed by atoms with E-state index in [1.165, 1.54) is 0 Å². The van der Waals surface area contributed by atoms with Gasteiger partial charge in [-0.05, 0) is 68.5 Å². The molecule has 4 N–H and O–H groups in total. The van der Waals surface area contributed by atoms with Gasteiger partial charge in [-0.2, -0.15) is 10.2 Å². The van der Waals surface area contributed by atoms with Gasteiger partial charge in [0.1, 0.15) is 5.66 Å². The highest BCUT2D eigenvalue weighted by molar-refractivity contribution is 6.09. The van der Waals surface area contributed by atoms with Gasteiger partial charge in [-0.15, -0.1) is 10.2 Å².